The van der Waals surface area contributed by atoms with E-state index in [1.54, 1.807) is 0 Å². The zero-order valence-corrected chi connectivity index (χ0v) is 10.5. The Hall–Kier alpha value is -1.46. The van der Waals surface area contributed by atoms with Gasteiger partial charge in [-0.2, -0.15) is 0 Å². The summed E-state index contributed by atoms with van der Waals surface area (Å²) in [5.41, 5.74) is 2.25. The van der Waals surface area contributed by atoms with Gasteiger partial charge in [-0.3, -0.25) is 0 Å². The summed E-state index contributed by atoms with van der Waals surface area (Å²) in [7, 11) is 0. The van der Waals surface area contributed by atoms with Crippen LogP contribution in [-0.4, -0.2) is 39.1 Å². The largest absolute Gasteiger partial charge is 0.454 e. The molecule has 2 heterocycles. The van der Waals surface area contributed by atoms with E-state index >= 15 is 0 Å². The van der Waals surface area contributed by atoms with Gasteiger partial charge in [0.25, 0.3) is 0 Å². The number of anilines is 1. The van der Waals surface area contributed by atoms with Crippen LogP contribution in [0.1, 0.15) is 5.56 Å². The van der Waals surface area contributed by atoms with Crippen molar-refractivity contribution in [2.24, 2.45) is 0 Å². The standard InChI is InChI=1S/C13H18N2O3/c1-9-4-12-13(18-8-17-12)5-11(9)15-6-10-7-16-3-2-14-10/h4-5,10,14-15H,2-3,6-8H2,1H3. The van der Waals surface area contributed by atoms with Crippen molar-refractivity contribution in [2.45, 2.75) is 13.0 Å². The second-order valence-corrected chi connectivity index (χ2v) is 4.63. The Kier molecular flexibility index (Phi) is 3.25. The predicted molar refractivity (Wildman–Crippen MR) is 68.4 cm³/mol. The number of hydrogen-bond donors (Lipinski definition) is 2. The van der Waals surface area contributed by atoms with Gasteiger partial charge >= 0.3 is 0 Å². The fourth-order valence-corrected chi connectivity index (χ4v) is 2.22. The first-order valence-corrected chi connectivity index (χ1v) is 6.28. The fourth-order valence-electron chi connectivity index (χ4n) is 2.22. The van der Waals surface area contributed by atoms with E-state index in [0.29, 0.717) is 12.8 Å². The minimum Gasteiger partial charge on any atom is -0.454 e. The lowest BCUT2D eigenvalue weighted by Crippen LogP contribution is -2.45. The first-order valence-electron chi connectivity index (χ1n) is 6.28. The zero-order chi connectivity index (χ0) is 12.4. The molecular formula is C13H18N2O3. The van der Waals surface area contributed by atoms with Crippen LogP contribution in [0.25, 0.3) is 0 Å². The van der Waals surface area contributed by atoms with Crippen LogP contribution in [0.3, 0.4) is 0 Å². The van der Waals surface area contributed by atoms with Gasteiger partial charge in [-0.1, -0.05) is 0 Å². The Balaban J connectivity index is 1.65. The maximum Gasteiger partial charge on any atom is 0.231 e. The molecule has 0 amide bonds. The molecule has 5 heteroatoms. The van der Waals surface area contributed by atoms with Gasteiger partial charge in [0.1, 0.15) is 0 Å². The van der Waals surface area contributed by atoms with Crippen molar-refractivity contribution in [2.75, 3.05) is 38.4 Å². The fraction of sp³-hybridized carbons (Fsp3) is 0.538. The Morgan fingerprint density at radius 2 is 2.17 bits per heavy atom. The van der Waals surface area contributed by atoms with Crippen LogP contribution >= 0.6 is 0 Å². The normalized spacial score (nSPS) is 21.9. The molecule has 1 fully saturated rings. The van der Waals surface area contributed by atoms with Crippen LogP contribution in [0.2, 0.25) is 0 Å². The molecule has 1 saturated heterocycles. The molecular weight excluding hydrogens is 232 g/mol. The molecule has 0 radical (unpaired) electrons. The maximum atomic E-state index is 5.43. The molecule has 5 nitrogen and oxygen atoms in total. The van der Waals surface area contributed by atoms with Gasteiger partial charge in [0.2, 0.25) is 6.79 Å². The summed E-state index contributed by atoms with van der Waals surface area (Å²) in [5.74, 6) is 1.65. The van der Waals surface area contributed by atoms with Gasteiger partial charge in [-0.15, -0.1) is 0 Å². The van der Waals surface area contributed by atoms with Crippen molar-refractivity contribution < 1.29 is 14.2 Å². The van der Waals surface area contributed by atoms with E-state index in [-0.39, 0.29) is 0 Å². The van der Waals surface area contributed by atoms with Crippen molar-refractivity contribution in [3.8, 4) is 11.5 Å². The van der Waals surface area contributed by atoms with Crippen LogP contribution < -0.4 is 20.1 Å². The molecule has 1 unspecified atom stereocenters. The van der Waals surface area contributed by atoms with Gasteiger partial charge < -0.3 is 24.8 Å². The Labute approximate surface area is 106 Å². The summed E-state index contributed by atoms with van der Waals surface area (Å²) in [6, 6.07) is 4.38. The van der Waals surface area contributed by atoms with Crippen LogP contribution in [0.4, 0.5) is 5.69 Å². The summed E-state index contributed by atoms with van der Waals surface area (Å²) in [4.78, 5) is 0. The highest BCUT2D eigenvalue weighted by Crippen LogP contribution is 2.36. The van der Waals surface area contributed by atoms with E-state index in [2.05, 4.69) is 17.6 Å². The molecule has 18 heavy (non-hydrogen) atoms. The predicted octanol–water partition coefficient (Wildman–Crippen LogP) is 1.12. The highest BCUT2D eigenvalue weighted by atomic mass is 16.7. The van der Waals surface area contributed by atoms with E-state index in [1.165, 1.54) is 0 Å². The first-order chi connectivity index (χ1) is 8.83. The number of hydrogen-bond acceptors (Lipinski definition) is 5. The molecule has 1 aromatic rings. The number of nitrogens with one attached hydrogen (secondary N) is 2. The van der Waals surface area contributed by atoms with Gasteiger partial charge in [0, 0.05) is 30.9 Å². The molecule has 1 aromatic carbocycles. The number of morpholine rings is 1. The molecule has 2 aliphatic rings. The minimum atomic E-state index is 0.316. The lowest BCUT2D eigenvalue weighted by Gasteiger charge is -2.24. The van der Waals surface area contributed by atoms with E-state index in [0.717, 1.165) is 49.1 Å². The number of ether oxygens (including phenoxy) is 3. The van der Waals surface area contributed by atoms with Crippen LogP contribution in [-0.2, 0) is 4.74 Å². The monoisotopic (exact) mass is 250 g/mol. The van der Waals surface area contributed by atoms with Crippen molar-refractivity contribution in [3.05, 3.63) is 17.7 Å². The summed E-state index contributed by atoms with van der Waals surface area (Å²) < 4.78 is 16.2. The van der Waals surface area contributed by atoms with Crippen LogP contribution in [0, 0.1) is 6.92 Å². The SMILES string of the molecule is Cc1cc2c(cc1NCC1COCCN1)OCO2. The summed E-state index contributed by atoms with van der Waals surface area (Å²) in [5, 5.41) is 6.85. The minimum absolute atomic E-state index is 0.316. The molecule has 2 N–H and O–H groups in total. The maximum absolute atomic E-state index is 5.43. The van der Waals surface area contributed by atoms with Crippen LogP contribution in [0.5, 0.6) is 11.5 Å². The lowest BCUT2D eigenvalue weighted by atomic mass is 10.1. The third kappa shape index (κ3) is 2.37. The zero-order valence-electron chi connectivity index (χ0n) is 10.5. The smallest absolute Gasteiger partial charge is 0.231 e. The van der Waals surface area contributed by atoms with E-state index in [9.17, 15) is 0 Å². The number of aryl methyl sites for hydroxylation is 1. The molecule has 3 rings (SSSR count). The summed E-state index contributed by atoms with van der Waals surface area (Å²) in [6.07, 6.45) is 0. The van der Waals surface area contributed by atoms with Gasteiger partial charge in [0.15, 0.2) is 11.5 Å². The van der Waals surface area contributed by atoms with E-state index < -0.39 is 0 Å². The second kappa shape index (κ2) is 5.04. The van der Waals surface area contributed by atoms with E-state index in [4.69, 9.17) is 14.2 Å². The van der Waals surface area contributed by atoms with Gasteiger partial charge in [0.05, 0.1) is 13.2 Å². The first kappa shape index (κ1) is 11.6. The Morgan fingerprint density at radius 3 is 2.94 bits per heavy atom. The van der Waals surface area contributed by atoms with E-state index in [1.807, 2.05) is 12.1 Å². The molecule has 98 valence electrons. The highest BCUT2D eigenvalue weighted by Gasteiger charge is 2.17. The molecule has 0 aromatic heterocycles. The van der Waals surface area contributed by atoms with Crippen molar-refractivity contribution >= 4 is 5.69 Å². The average Bonchev–Trinajstić information content (AvgIpc) is 2.84. The number of fused-ring (bicyclic) bond motifs is 1. The van der Waals surface area contributed by atoms with Crippen molar-refractivity contribution in [1.29, 1.82) is 0 Å². The Morgan fingerprint density at radius 1 is 1.33 bits per heavy atom. The quantitative estimate of drug-likeness (QED) is 0.842. The second-order valence-electron chi connectivity index (χ2n) is 4.63. The third-order valence-electron chi connectivity index (χ3n) is 3.26. The average molecular weight is 250 g/mol. The Bertz CT molecular complexity index is 430. The van der Waals surface area contributed by atoms with Crippen molar-refractivity contribution in [3.63, 3.8) is 0 Å². The lowest BCUT2D eigenvalue weighted by molar-refractivity contribution is 0.0806. The molecule has 0 spiro atoms. The molecule has 1 atom stereocenters. The van der Waals surface area contributed by atoms with Crippen LogP contribution in [0.15, 0.2) is 12.1 Å². The molecule has 0 bridgehead atoms. The molecule has 0 saturated carbocycles. The third-order valence-corrected chi connectivity index (χ3v) is 3.26. The number of benzene rings is 1. The van der Waals surface area contributed by atoms with Gasteiger partial charge in [-0.25, -0.2) is 0 Å². The molecule has 2 aliphatic heterocycles. The topological polar surface area (TPSA) is 51.8 Å². The summed E-state index contributed by atoms with van der Waals surface area (Å²) >= 11 is 0. The molecule has 0 aliphatic carbocycles. The van der Waals surface area contributed by atoms with Crippen molar-refractivity contribution in [1.82, 2.24) is 5.32 Å². The summed E-state index contributed by atoms with van der Waals surface area (Å²) in [6.45, 7) is 5.72. The number of rotatable bonds is 3. The van der Waals surface area contributed by atoms with Gasteiger partial charge in [-0.05, 0) is 18.6 Å². The highest BCUT2D eigenvalue weighted by molar-refractivity contribution is 5.60.